The summed E-state index contributed by atoms with van der Waals surface area (Å²) >= 11 is 0. The lowest BCUT2D eigenvalue weighted by molar-refractivity contribution is -0.384. The molecule has 1 N–H and O–H groups in total. The van der Waals surface area contributed by atoms with Crippen molar-refractivity contribution >= 4 is 11.5 Å². The van der Waals surface area contributed by atoms with Crippen LogP contribution in [0.25, 0.3) is 0 Å². The zero-order chi connectivity index (χ0) is 15.2. The Balaban J connectivity index is 2.01. The molecule has 21 heavy (non-hydrogen) atoms. The number of benzene rings is 1. The third kappa shape index (κ3) is 3.92. The van der Waals surface area contributed by atoms with Gasteiger partial charge in [0.25, 0.3) is 0 Å². The molecule has 0 atom stereocenters. The number of ether oxygens (including phenoxy) is 1. The molecule has 0 saturated carbocycles. The maximum Gasteiger partial charge on any atom is 0.311 e. The van der Waals surface area contributed by atoms with Gasteiger partial charge in [-0.05, 0) is 36.6 Å². The fourth-order valence-corrected chi connectivity index (χ4v) is 1.98. The van der Waals surface area contributed by atoms with Crippen LogP contribution in [0.15, 0.2) is 36.5 Å². The number of nitrogens with zero attached hydrogens (tertiary/aromatic N) is 2. The van der Waals surface area contributed by atoms with E-state index in [-0.39, 0.29) is 5.69 Å². The van der Waals surface area contributed by atoms with Crippen LogP contribution in [0.5, 0.6) is 5.75 Å². The van der Waals surface area contributed by atoms with E-state index in [0.717, 1.165) is 23.3 Å². The lowest BCUT2D eigenvalue weighted by Gasteiger charge is -2.07. The van der Waals surface area contributed by atoms with Crippen molar-refractivity contribution in [3.63, 3.8) is 0 Å². The first-order valence-corrected chi connectivity index (χ1v) is 6.58. The number of anilines is 1. The van der Waals surface area contributed by atoms with E-state index in [9.17, 15) is 10.1 Å². The van der Waals surface area contributed by atoms with Crippen molar-refractivity contribution in [3.8, 4) is 5.75 Å². The van der Waals surface area contributed by atoms with Crippen LogP contribution in [0.3, 0.4) is 0 Å². The van der Waals surface area contributed by atoms with E-state index < -0.39 is 4.92 Å². The summed E-state index contributed by atoms with van der Waals surface area (Å²) in [5.74, 6) is 1.10. The van der Waals surface area contributed by atoms with Gasteiger partial charge in [0, 0.05) is 18.8 Å². The third-order valence-electron chi connectivity index (χ3n) is 3.04. The Morgan fingerprint density at radius 3 is 2.90 bits per heavy atom. The first-order valence-electron chi connectivity index (χ1n) is 6.58. The monoisotopic (exact) mass is 287 g/mol. The Labute approximate surface area is 122 Å². The minimum atomic E-state index is -0.423. The second-order valence-corrected chi connectivity index (χ2v) is 4.67. The zero-order valence-electron chi connectivity index (χ0n) is 12.0. The predicted octanol–water partition coefficient (Wildman–Crippen LogP) is 2.96. The molecule has 0 amide bonds. The Morgan fingerprint density at radius 1 is 1.38 bits per heavy atom. The molecule has 1 aromatic carbocycles. The summed E-state index contributed by atoms with van der Waals surface area (Å²) in [5, 5.41) is 14.0. The Kier molecular flexibility index (Phi) is 4.71. The highest BCUT2D eigenvalue weighted by Gasteiger charge is 2.14. The zero-order valence-corrected chi connectivity index (χ0v) is 12.0. The SMILES string of the molecule is COc1cccc(CCNc2ncc(C)cc2[N+](=O)[O-])c1. The maximum absolute atomic E-state index is 11.0. The summed E-state index contributed by atoms with van der Waals surface area (Å²) in [7, 11) is 1.62. The Morgan fingerprint density at radius 2 is 2.19 bits per heavy atom. The molecular weight excluding hydrogens is 270 g/mol. The first-order chi connectivity index (χ1) is 10.1. The van der Waals surface area contributed by atoms with Crippen molar-refractivity contribution in [1.29, 1.82) is 0 Å². The van der Waals surface area contributed by atoms with Crippen LogP contribution in [-0.4, -0.2) is 23.6 Å². The highest BCUT2D eigenvalue weighted by molar-refractivity contribution is 5.56. The van der Waals surface area contributed by atoms with Crippen molar-refractivity contribution < 1.29 is 9.66 Å². The van der Waals surface area contributed by atoms with Gasteiger partial charge in [-0.2, -0.15) is 0 Å². The fourth-order valence-electron chi connectivity index (χ4n) is 1.98. The molecule has 110 valence electrons. The molecule has 0 unspecified atom stereocenters. The number of aromatic nitrogens is 1. The summed E-state index contributed by atoms with van der Waals surface area (Å²) in [4.78, 5) is 14.7. The van der Waals surface area contributed by atoms with E-state index in [1.165, 1.54) is 6.07 Å². The summed E-state index contributed by atoms with van der Waals surface area (Å²) in [6.45, 7) is 2.34. The van der Waals surface area contributed by atoms with Crippen molar-refractivity contribution in [2.75, 3.05) is 19.0 Å². The van der Waals surface area contributed by atoms with Gasteiger partial charge < -0.3 is 10.1 Å². The van der Waals surface area contributed by atoms with Crippen LogP contribution >= 0.6 is 0 Å². The van der Waals surface area contributed by atoms with Crippen molar-refractivity contribution in [2.24, 2.45) is 0 Å². The standard InChI is InChI=1S/C15H17N3O3/c1-11-8-14(18(19)20)15(17-10-11)16-7-6-12-4-3-5-13(9-12)21-2/h3-5,8-10H,6-7H2,1-2H3,(H,16,17). The minimum absolute atomic E-state index is 0.000595. The van der Waals surface area contributed by atoms with Gasteiger partial charge >= 0.3 is 5.69 Å². The number of rotatable bonds is 6. The smallest absolute Gasteiger partial charge is 0.311 e. The molecule has 0 spiro atoms. The fraction of sp³-hybridized carbons (Fsp3) is 0.267. The van der Waals surface area contributed by atoms with Crippen LogP contribution in [0.4, 0.5) is 11.5 Å². The molecular formula is C15H17N3O3. The van der Waals surface area contributed by atoms with Gasteiger partial charge in [0.1, 0.15) is 5.75 Å². The predicted molar refractivity (Wildman–Crippen MR) is 80.8 cm³/mol. The lowest BCUT2D eigenvalue weighted by atomic mass is 10.1. The van der Waals surface area contributed by atoms with Crippen LogP contribution in [0.2, 0.25) is 0 Å². The molecule has 0 bridgehead atoms. The van der Waals surface area contributed by atoms with E-state index in [1.54, 1.807) is 20.2 Å². The number of pyridine rings is 1. The van der Waals surface area contributed by atoms with Gasteiger partial charge in [0.2, 0.25) is 5.82 Å². The van der Waals surface area contributed by atoms with Crippen molar-refractivity contribution in [2.45, 2.75) is 13.3 Å². The normalized spacial score (nSPS) is 10.2. The molecule has 1 aromatic heterocycles. The average molecular weight is 287 g/mol. The Bertz CT molecular complexity index is 644. The number of hydrogen-bond acceptors (Lipinski definition) is 5. The van der Waals surface area contributed by atoms with Gasteiger partial charge in [-0.25, -0.2) is 4.98 Å². The number of aryl methyl sites for hydroxylation is 1. The number of nitro groups is 1. The van der Waals surface area contributed by atoms with E-state index in [4.69, 9.17) is 4.74 Å². The van der Waals surface area contributed by atoms with Gasteiger partial charge in [-0.15, -0.1) is 0 Å². The van der Waals surface area contributed by atoms with E-state index in [0.29, 0.717) is 12.4 Å². The third-order valence-corrected chi connectivity index (χ3v) is 3.04. The molecule has 1 heterocycles. The van der Waals surface area contributed by atoms with Gasteiger partial charge in [0.15, 0.2) is 0 Å². The Hall–Kier alpha value is -2.63. The molecule has 6 nitrogen and oxygen atoms in total. The van der Waals surface area contributed by atoms with Gasteiger partial charge in [-0.1, -0.05) is 12.1 Å². The summed E-state index contributed by atoms with van der Waals surface area (Å²) in [6.07, 6.45) is 2.34. The molecule has 0 saturated heterocycles. The highest BCUT2D eigenvalue weighted by Crippen LogP contribution is 2.22. The molecule has 2 aromatic rings. The maximum atomic E-state index is 11.0. The molecule has 6 heteroatoms. The molecule has 0 radical (unpaired) electrons. The van der Waals surface area contributed by atoms with E-state index in [2.05, 4.69) is 10.3 Å². The summed E-state index contributed by atoms with van der Waals surface area (Å²) < 4.78 is 5.16. The molecule has 2 rings (SSSR count). The second kappa shape index (κ2) is 6.69. The van der Waals surface area contributed by atoms with Gasteiger partial charge in [-0.3, -0.25) is 10.1 Å². The van der Waals surface area contributed by atoms with Crippen LogP contribution in [-0.2, 0) is 6.42 Å². The number of hydrogen-bond donors (Lipinski definition) is 1. The van der Waals surface area contributed by atoms with Crippen LogP contribution in [0, 0.1) is 17.0 Å². The molecule has 0 aliphatic rings. The second-order valence-electron chi connectivity index (χ2n) is 4.67. The van der Waals surface area contributed by atoms with E-state index in [1.807, 2.05) is 24.3 Å². The largest absolute Gasteiger partial charge is 0.497 e. The lowest BCUT2D eigenvalue weighted by Crippen LogP contribution is -2.08. The summed E-state index contributed by atoms with van der Waals surface area (Å²) in [5.41, 5.74) is 1.86. The molecule has 0 aliphatic carbocycles. The van der Waals surface area contributed by atoms with Crippen molar-refractivity contribution in [1.82, 2.24) is 4.98 Å². The highest BCUT2D eigenvalue weighted by atomic mass is 16.6. The topological polar surface area (TPSA) is 77.3 Å². The number of methoxy groups -OCH3 is 1. The van der Waals surface area contributed by atoms with Crippen LogP contribution < -0.4 is 10.1 Å². The van der Waals surface area contributed by atoms with Crippen LogP contribution in [0.1, 0.15) is 11.1 Å². The minimum Gasteiger partial charge on any atom is -0.497 e. The quantitative estimate of drug-likeness (QED) is 0.653. The van der Waals surface area contributed by atoms with E-state index >= 15 is 0 Å². The first kappa shape index (κ1) is 14.8. The molecule has 0 aliphatic heterocycles. The summed E-state index contributed by atoms with van der Waals surface area (Å²) in [6, 6.07) is 9.24. The number of nitrogens with one attached hydrogen (secondary N) is 1. The average Bonchev–Trinajstić information content (AvgIpc) is 2.48. The molecule has 0 fully saturated rings. The van der Waals surface area contributed by atoms with Crippen molar-refractivity contribution in [3.05, 3.63) is 57.8 Å². The van der Waals surface area contributed by atoms with Gasteiger partial charge in [0.05, 0.1) is 12.0 Å².